The van der Waals surface area contributed by atoms with E-state index in [0.717, 1.165) is 0 Å². The van der Waals surface area contributed by atoms with E-state index < -0.39 is 0 Å². The number of amides is 1. The number of nitrogens with zero attached hydrogens (tertiary/aromatic N) is 1. The van der Waals surface area contributed by atoms with Crippen LogP contribution in [0.5, 0.6) is 0 Å². The van der Waals surface area contributed by atoms with Crippen molar-refractivity contribution in [2.24, 2.45) is 0 Å². The van der Waals surface area contributed by atoms with E-state index in [2.05, 4.69) is 15.6 Å². The van der Waals surface area contributed by atoms with Gasteiger partial charge in [0.25, 0.3) is 5.91 Å². The molecule has 7 heteroatoms. The van der Waals surface area contributed by atoms with Crippen LogP contribution in [0.25, 0.3) is 0 Å². The van der Waals surface area contributed by atoms with Gasteiger partial charge in [0.1, 0.15) is 5.82 Å². The number of carbonyl (C=O) groups is 1. The smallest absolute Gasteiger partial charge is 0.257 e. The van der Waals surface area contributed by atoms with Gasteiger partial charge in [0.15, 0.2) is 0 Å². The van der Waals surface area contributed by atoms with E-state index in [1.165, 1.54) is 6.20 Å². The largest absolute Gasteiger partial charge is 0.369 e. The summed E-state index contributed by atoms with van der Waals surface area (Å²) in [7, 11) is 0. The average Bonchev–Trinajstić information content (AvgIpc) is 2.45. The molecule has 2 rings (SSSR count). The lowest BCUT2D eigenvalue weighted by molar-refractivity contribution is 0.102. The van der Waals surface area contributed by atoms with E-state index in [-0.39, 0.29) is 5.91 Å². The monoisotopic (exact) mass is 343 g/mol. The molecule has 0 unspecified atom stereocenters. The summed E-state index contributed by atoms with van der Waals surface area (Å²) in [4.78, 5) is 16.3. The van der Waals surface area contributed by atoms with Gasteiger partial charge >= 0.3 is 0 Å². The number of aromatic nitrogens is 1. The number of nitrogens with one attached hydrogen (secondary N) is 2. The number of hydrogen-bond acceptors (Lipinski definition) is 3. The SMILES string of the molecule is CCNc1ncc(C(=O)Nc2cc(Cl)ccc2Cl)cc1Cl. The summed E-state index contributed by atoms with van der Waals surface area (Å²) in [5.74, 6) is 0.174. The molecular formula is C14H12Cl3N3O. The lowest BCUT2D eigenvalue weighted by Gasteiger charge is -2.09. The zero-order valence-electron chi connectivity index (χ0n) is 11.1. The van der Waals surface area contributed by atoms with E-state index in [4.69, 9.17) is 34.8 Å². The molecule has 0 fully saturated rings. The van der Waals surface area contributed by atoms with Gasteiger partial charge in [-0.15, -0.1) is 0 Å². The lowest BCUT2D eigenvalue weighted by atomic mass is 10.2. The van der Waals surface area contributed by atoms with Crippen molar-refractivity contribution < 1.29 is 4.79 Å². The first-order chi connectivity index (χ1) is 10.0. The van der Waals surface area contributed by atoms with Crippen LogP contribution in [-0.2, 0) is 0 Å². The van der Waals surface area contributed by atoms with Crippen molar-refractivity contribution in [3.63, 3.8) is 0 Å². The van der Waals surface area contributed by atoms with Crippen LogP contribution in [0, 0.1) is 0 Å². The Morgan fingerprint density at radius 3 is 2.62 bits per heavy atom. The maximum atomic E-state index is 12.2. The quantitative estimate of drug-likeness (QED) is 0.843. The van der Waals surface area contributed by atoms with E-state index in [9.17, 15) is 4.79 Å². The normalized spacial score (nSPS) is 10.3. The molecular weight excluding hydrogens is 333 g/mol. The molecule has 0 bridgehead atoms. The molecule has 0 aliphatic heterocycles. The Morgan fingerprint density at radius 2 is 1.95 bits per heavy atom. The van der Waals surface area contributed by atoms with Crippen LogP contribution in [0.2, 0.25) is 15.1 Å². The second-order valence-electron chi connectivity index (χ2n) is 4.16. The Kier molecular flexibility index (Phi) is 5.28. The molecule has 1 heterocycles. The maximum Gasteiger partial charge on any atom is 0.257 e. The maximum absolute atomic E-state index is 12.2. The number of rotatable bonds is 4. The number of halogens is 3. The third-order valence-corrected chi connectivity index (χ3v) is 3.48. The highest BCUT2D eigenvalue weighted by Gasteiger charge is 2.12. The number of benzene rings is 1. The van der Waals surface area contributed by atoms with Crippen molar-refractivity contribution in [1.29, 1.82) is 0 Å². The Morgan fingerprint density at radius 1 is 1.19 bits per heavy atom. The molecule has 1 aromatic heterocycles. The minimum Gasteiger partial charge on any atom is -0.369 e. The number of hydrogen-bond donors (Lipinski definition) is 2. The van der Waals surface area contributed by atoms with Crippen molar-refractivity contribution in [3.8, 4) is 0 Å². The summed E-state index contributed by atoms with van der Waals surface area (Å²) in [5.41, 5.74) is 0.763. The van der Waals surface area contributed by atoms with Crippen LogP contribution >= 0.6 is 34.8 Å². The highest BCUT2D eigenvalue weighted by Crippen LogP contribution is 2.26. The van der Waals surface area contributed by atoms with Crippen LogP contribution in [-0.4, -0.2) is 17.4 Å². The lowest BCUT2D eigenvalue weighted by Crippen LogP contribution is -2.13. The predicted octanol–water partition coefficient (Wildman–Crippen LogP) is 4.73. The first-order valence-electron chi connectivity index (χ1n) is 6.17. The van der Waals surface area contributed by atoms with Gasteiger partial charge in [0, 0.05) is 17.8 Å². The molecule has 4 nitrogen and oxygen atoms in total. The minimum atomic E-state index is -0.364. The molecule has 0 saturated carbocycles. The molecule has 21 heavy (non-hydrogen) atoms. The molecule has 2 N–H and O–H groups in total. The van der Waals surface area contributed by atoms with Crippen molar-refractivity contribution in [3.05, 3.63) is 51.1 Å². The van der Waals surface area contributed by atoms with Crippen molar-refractivity contribution in [2.45, 2.75) is 6.92 Å². The van der Waals surface area contributed by atoms with Crippen LogP contribution in [0.4, 0.5) is 11.5 Å². The highest BCUT2D eigenvalue weighted by atomic mass is 35.5. The predicted molar refractivity (Wildman–Crippen MR) is 87.8 cm³/mol. The van der Waals surface area contributed by atoms with Crippen molar-refractivity contribution in [1.82, 2.24) is 4.98 Å². The standard InChI is InChI=1S/C14H12Cl3N3O/c1-2-18-13-11(17)5-8(7-19-13)14(21)20-12-6-9(15)3-4-10(12)16/h3-7H,2H2,1H3,(H,18,19)(H,20,21). The van der Waals surface area contributed by atoms with Gasteiger partial charge in [0.05, 0.1) is 21.3 Å². The van der Waals surface area contributed by atoms with Crippen molar-refractivity contribution >= 4 is 52.2 Å². The van der Waals surface area contributed by atoms with E-state index >= 15 is 0 Å². The average molecular weight is 345 g/mol. The van der Waals surface area contributed by atoms with Gasteiger partial charge in [-0.05, 0) is 31.2 Å². The number of carbonyl (C=O) groups excluding carboxylic acids is 1. The van der Waals surface area contributed by atoms with Crippen LogP contribution in [0.1, 0.15) is 17.3 Å². The first kappa shape index (κ1) is 15.9. The van der Waals surface area contributed by atoms with Gasteiger partial charge in [-0.1, -0.05) is 34.8 Å². The first-order valence-corrected chi connectivity index (χ1v) is 7.30. The molecule has 0 radical (unpaired) electrons. The molecule has 0 aliphatic carbocycles. The number of pyridine rings is 1. The van der Waals surface area contributed by atoms with Crippen LogP contribution in [0.15, 0.2) is 30.5 Å². The highest BCUT2D eigenvalue weighted by molar-refractivity contribution is 6.36. The molecule has 2 aromatic rings. The molecule has 0 spiro atoms. The molecule has 110 valence electrons. The molecule has 0 atom stereocenters. The van der Waals surface area contributed by atoms with Gasteiger partial charge in [0.2, 0.25) is 0 Å². The summed E-state index contributed by atoms with van der Waals surface area (Å²) < 4.78 is 0. The van der Waals surface area contributed by atoms with Crippen LogP contribution < -0.4 is 10.6 Å². The summed E-state index contributed by atoms with van der Waals surface area (Å²) in [6, 6.07) is 6.37. The second-order valence-corrected chi connectivity index (χ2v) is 5.41. The summed E-state index contributed by atoms with van der Waals surface area (Å²) in [6.45, 7) is 2.62. The summed E-state index contributed by atoms with van der Waals surface area (Å²) in [6.07, 6.45) is 1.44. The molecule has 1 amide bonds. The van der Waals surface area contributed by atoms with Crippen molar-refractivity contribution in [2.75, 3.05) is 17.2 Å². The zero-order valence-corrected chi connectivity index (χ0v) is 13.4. The van der Waals surface area contributed by atoms with Gasteiger partial charge in [-0.2, -0.15) is 0 Å². The topological polar surface area (TPSA) is 54.0 Å². The minimum absolute atomic E-state index is 0.331. The van der Waals surface area contributed by atoms with Gasteiger partial charge in [-0.25, -0.2) is 4.98 Å². The second kappa shape index (κ2) is 6.98. The van der Waals surface area contributed by atoms with Crippen LogP contribution in [0.3, 0.4) is 0 Å². The third-order valence-electron chi connectivity index (χ3n) is 2.62. The van der Waals surface area contributed by atoms with E-state index in [0.29, 0.717) is 38.7 Å². The number of anilines is 2. The fourth-order valence-corrected chi connectivity index (χ4v) is 2.22. The Hall–Kier alpha value is -1.49. The van der Waals surface area contributed by atoms with Gasteiger partial charge in [-0.3, -0.25) is 4.79 Å². The van der Waals surface area contributed by atoms with E-state index in [1.54, 1.807) is 24.3 Å². The summed E-state index contributed by atoms with van der Waals surface area (Å²) in [5, 5.41) is 6.92. The Labute approximate surface area is 137 Å². The fourth-order valence-electron chi connectivity index (χ4n) is 1.65. The summed E-state index contributed by atoms with van der Waals surface area (Å²) >= 11 is 17.9. The molecule has 1 aromatic carbocycles. The molecule has 0 aliphatic rings. The Bertz CT molecular complexity index is 677. The zero-order chi connectivity index (χ0) is 15.4. The van der Waals surface area contributed by atoms with Gasteiger partial charge < -0.3 is 10.6 Å². The third kappa shape index (κ3) is 4.00. The molecule has 0 saturated heterocycles. The Balaban J connectivity index is 2.20. The van der Waals surface area contributed by atoms with E-state index in [1.807, 2.05) is 6.92 Å². The fraction of sp³-hybridized carbons (Fsp3) is 0.143.